The van der Waals surface area contributed by atoms with Crippen LogP contribution in [0.1, 0.15) is 35.5 Å². The molecular formula is C15H14F6N4O. The van der Waals surface area contributed by atoms with Crippen LogP contribution >= 0.6 is 0 Å². The average molecular weight is 380 g/mol. The van der Waals surface area contributed by atoms with E-state index >= 15 is 0 Å². The van der Waals surface area contributed by atoms with Crippen LogP contribution in [0.5, 0.6) is 0 Å². The highest BCUT2D eigenvalue weighted by atomic mass is 19.4. The first kappa shape index (κ1) is 19.7. The maximum Gasteiger partial charge on any atom is 0.434 e. The third-order valence-electron chi connectivity index (χ3n) is 3.25. The number of amides is 1. The zero-order valence-electron chi connectivity index (χ0n) is 13.6. The normalized spacial score (nSPS) is 12.5. The summed E-state index contributed by atoms with van der Waals surface area (Å²) in [4.78, 5) is 15.4. The third kappa shape index (κ3) is 4.33. The summed E-state index contributed by atoms with van der Waals surface area (Å²) < 4.78 is 78.2. The number of carbonyl (C=O) groups is 1. The third-order valence-corrected chi connectivity index (χ3v) is 3.25. The number of nitrogens with zero attached hydrogens (tertiary/aromatic N) is 3. The van der Waals surface area contributed by atoms with E-state index in [1.165, 1.54) is 0 Å². The van der Waals surface area contributed by atoms with Crippen molar-refractivity contribution in [2.45, 2.75) is 26.2 Å². The van der Waals surface area contributed by atoms with Crippen molar-refractivity contribution in [3.05, 3.63) is 41.3 Å². The van der Waals surface area contributed by atoms with E-state index in [0.29, 0.717) is 23.1 Å². The molecule has 1 amide bonds. The lowest BCUT2D eigenvalue weighted by atomic mass is 10.2. The summed E-state index contributed by atoms with van der Waals surface area (Å²) >= 11 is 0. The number of alkyl halides is 6. The van der Waals surface area contributed by atoms with Crippen molar-refractivity contribution in [2.24, 2.45) is 5.92 Å². The van der Waals surface area contributed by atoms with E-state index < -0.39 is 40.9 Å². The summed E-state index contributed by atoms with van der Waals surface area (Å²) in [7, 11) is 0. The highest BCUT2D eigenvalue weighted by Crippen LogP contribution is 2.34. The number of pyridine rings is 1. The molecule has 11 heteroatoms. The predicted octanol–water partition coefficient (Wildman–Crippen LogP) is 3.69. The largest absolute Gasteiger partial charge is 0.434 e. The molecule has 0 bridgehead atoms. The van der Waals surface area contributed by atoms with Crippen molar-refractivity contribution in [1.82, 2.24) is 20.1 Å². The second-order valence-corrected chi connectivity index (χ2v) is 5.82. The molecule has 0 fully saturated rings. The van der Waals surface area contributed by atoms with E-state index in [-0.39, 0.29) is 12.5 Å². The van der Waals surface area contributed by atoms with E-state index in [1.54, 1.807) is 13.8 Å². The topological polar surface area (TPSA) is 59.8 Å². The minimum absolute atomic E-state index is 0.0138. The van der Waals surface area contributed by atoms with Gasteiger partial charge in [-0.05, 0) is 18.1 Å². The number of carbonyl (C=O) groups excluding carboxylic acids is 1. The van der Waals surface area contributed by atoms with Gasteiger partial charge in [0.15, 0.2) is 11.5 Å². The summed E-state index contributed by atoms with van der Waals surface area (Å²) in [5.74, 6) is -1.46. The molecule has 0 atom stereocenters. The maximum atomic E-state index is 13.4. The van der Waals surface area contributed by atoms with Gasteiger partial charge in [0, 0.05) is 12.7 Å². The van der Waals surface area contributed by atoms with Crippen molar-refractivity contribution in [3.8, 4) is 5.82 Å². The van der Waals surface area contributed by atoms with E-state index in [4.69, 9.17) is 0 Å². The number of hydrogen-bond donors (Lipinski definition) is 1. The second-order valence-electron chi connectivity index (χ2n) is 5.82. The summed E-state index contributed by atoms with van der Waals surface area (Å²) in [6.07, 6.45) is -8.54. The highest BCUT2D eigenvalue weighted by Gasteiger charge is 2.41. The smallest absolute Gasteiger partial charge is 0.352 e. The molecule has 0 aliphatic rings. The van der Waals surface area contributed by atoms with Crippen LogP contribution in [0.15, 0.2) is 24.5 Å². The quantitative estimate of drug-likeness (QED) is 0.823. The van der Waals surface area contributed by atoms with Gasteiger partial charge in [-0.2, -0.15) is 31.4 Å². The van der Waals surface area contributed by atoms with Crippen molar-refractivity contribution in [1.29, 1.82) is 0 Å². The number of halogens is 6. The second kappa shape index (κ2) is 6.96. The molecule has 5 nitrogen and oxygen atoms in total. The average Bonchev–Trinajstić information content (AvgIpc) is 2.97. The molecule has 0 spiro atoms. The molecule has 0 saturated carbocycles. The zero-order valence-corrected chi connectivity index (χ0v) is 13.6. The Hall–Kier alpha value is -2.59. The van der Waals surface area contributed by atoms with Gasteiger partial charge in [-0.25, -0.2) is 9.67 Å². The number of nitrogens with one attached hydrogen (secondary N) is 1. The van der Waals surface area contributed by atoms with E-state index in [0.717, 1.165) is 6.07 Å². The first-order chi connectivity index (χ1) is 11.9. The molecule has 2 aromatic rings. The monoisotopic (exact) mass is 380 g/mol. The van der Waals surface area contributed by atoms with Gasteiger partial charge in [0.1, 0.15) is 0 Å². The molecule has 0 unspecified atom stereocenters. The number of rotatable bonds is 4. The summed E-state index contributed by atoms with van der Waals surface area (Å²) in [5, 5.41) is 5.83. The first-order valence-corrected chi connectivity index (χ1v) is 7.38. The minimum Gasteiger partial charge on any atom is -0.352 e. The van der Waals surface area contributed by atoms with Crippen LogP contribution in [0.4, 0.5) is 26.3 Å². The Labute approximate surface area is 144 Å². The van der Waals surface area contributed by atoms with Crippen LogP contribution in [0.25, 0.3) is 5.82 Å². The Kier molecular flexibility index (Phi) is 5.28. The molecule has 1 N–H and O–H groups in total. The Morgan fingerprint density at radius 2 is 1.77 bits per heavy atom. The van der Waals surface area contributed by atoms with Gasteiger partial charge < -0.3 is 5.32 Å². The van der Waals surface area contributed by atoms with Crippen LogP contribution in [0.2, 0.25) is 0 Å². The molecule has 0 aliphatic carbocycles. The lowest BCUT2D eigenvalue weighted by Gasteiger charge is -2.13. The van der Waals surface area contributed by atoms with Gasteiger partial charge in [0.05, 0.1) is 17.3 Å². The van der Waals surface area contributed by atoms with Crippen LogP contribution in [-0.2, 0) is 12.4 Å². The lowest BCUT2D eigenvalue weighted by Crippen LogP contribution is -2.29. The fraction of sp³-hybridized carbons (Fsp3) is 0.400. The Bertz CT molecular complexity index is 777. The van der Waals surface area contributed by atoms with Gasteiger partial charge >= 0.3 is 12.4 Å². The van der Waals surface area contributed by atoms with E-state index in [2.05, 4.69) is 15.4 Å². The van der Waals surface area contributed by atoms with Gasteiger partial charge in [0.25, 0.3) is 5.91 Å². The van der Waals surface area contributed by atoms with Gasteiger partial charge in [-0.1, -0.05) is 13.8 Å². The van der Waals surface area contributed by atoms with Crippen molar-refractivity contribution >= 4 is 5.91 Å². The molecule has 0 aliphatic heterocycles. The zero-order chi connectivity index (χ0) is 19.7. The standard InChI is InChI=1S/C15H14F6N4O/c1-8(2)5-23-13(26)10-7-24-25(12(10)15(19,20)21)11-4-3-9(6-22-11)14(16,17)18/h3-4,6-8H,5H2,1-2H3,(H,23,26). The molecule has 0 radical (unpaired) electrons. The van der Waals surface area contributed by atoms with Crippen LogP contribution in [0, 0.1) is 5.92 Å². The van der Waals surface area contributed by atoms with E-state index in [9.17, 15) is 31.1 Å². The SMILES string of the molecule is CC(C)CNC(=O)c1cnn(-c2ccc(C(F)(F)F)cn2)c1C(F)(F)F. The predicted molar refractivity (Wildman–Crippen MR) is 78.5 cm³/mol. The fourth-order valence-electron chi connectivity index (χ4n) is 2.03. The molecule has 26 heavy (non-hydrogen) atoms. The van der Waals surface area contributed by atoms with Crippen molar-refractivity contribution < 1.29 is 31.1 Å². The maximum absolute atomic E-state index is 13.4. The lowest BCUT2D eigenvalue weighted by molar-refractivity contribution is -0.143. The van der Waals surface area contributed by atoms with Gasteiger partial charge in [-0.3, -0.25) is 4.79 Å². The molecule has 0 aromatic carbocycles. The Balaban J connectivity index is 2.45. The van der Waals surface area contributed by atoms with Crippen molar-refractivity contribution in [2.75, 3.05) is 6.54 Å². The fourth-order valence-corrected chi connectivity index (χ4v) is 2.03. The van der Waals surface area contributed by atoms with Gasteiger partial charge in [-0.15, -0.1) is 0 Å². The summed E-state index contributed by atoms with van der Waals surface area (Å²) in [6.45, 7) is 3.68. The van der Waals surface area contributed by atoms with Crippen LogP contribution in [-0.4, -0.2) is 27.2 Å². The number of aromatic nitrogens is 3. The molecular weight excluding hydrogens is 366 g/mol. The van der Waals surface area contributed by atoms with Gasteiger partial charge in [0.2, 0.25) is 0 Å². The Morgan fingerprint density at radius 3 is 2.23 bits per heavy atom. The summed E-state index contributed by atoms with van der Waals surface area (Å²) in [6, 6.07) is 1.34. The van der Waals surface area contributed by atoms with Crippen molar-refractivity contribution in [3.63, 3.8) is 0 Å². The summed E-state index contributed by atoms with van der Waals surface area (Å²) in [5.41, 5.74) is -3.26. The molecule has 0 saturated heterocycles. The highest BCUT2D eigenvalue weighted by molar-refractivity contribution is 5.95. The molecule has 142 valence electrons. The van der Waals surface area contributed by atoms with Crippen LogP contribution in [0.3, 0.4) is 0 Å². The molecule has 2 heterocycles. The molecule has 2 rings (SSSR count). The first-order valence-electron chi connectivity index (χ1n) is 7.38. The minimum atomic E-state index is -4.97. The van der Waals surface area contributed by atoms with Crippen LogP contribution < -0.4 is 5.32 Å². The Morgan fingerprint density at radius 1 is 1.12 bits per heavy atom. The molecule has 2 aromatic heterocycles. The van der Waals surface area contributed by atoms with E-state index in [1.807, 2.05) is 0 Å². The number of hydrogen-bond acceptors (Lipinski definition) is 3.